The second-order valence-electron chi connectivity index (χ2n) is 8.68. The molecule has 7 heteroatoms. The van der Waals surface area contributed by atoms with Crippen molar-refractivity contribution < 1.29 is 9.53 Å². The topological polar surface area (TPSA) is 39.3 Å². The number of urea groups is 1. The Morgan fingerprint density at radius 1 is 0.968 bits per heavy atom. The van der Waals surface area contributed by atoms with Crippen molar-refractivity contribution in [1.82, 2.24) is 19.6 Å². The van der Waals surface area contributed by atoms with Crippen LogP contribution in [0.5, 0.6) is 11.5 Å². The number of para-hydroxylation sites is 1. The van der Waals surface area contributed by atoms with Crippen molar-refractivity contribution in [2.24, 2.45) is 0 Å². The number of likely N-dealkylation sites (N-methyl/N-ethyl adjacent to an activating group) is 1. The molecule has 0 N–H and O–H groups in total. The van der Waals surface area contributed by atoms with Crippen molar-refractivity contribution in [2.45, 2.75) is 12.5 Å². The van der Waals surface area contributed by atoms with E-state index in [4.69, 9.17) is 16.3 Å². The van der Waals surface area contributed by atoms with Gasteiger partial charge in [0.1, 0.15) is 11.5 Å². The van der Waals surface area contributed by atoms with Crippen molar-refractivity contribution in [3.63, 3.8) is 0 Å². The highest BCUT2D eigenvalue weighted by Crippen LogP contribution is 2.42. The average Bonchev–Trinajstić information content (AvgIpc) is 3.01. The predicted molar refractivity (Wildman–Crippen MR) is 122 cm³/mol. The number of halogens is 1. The summed E-state index contributed by atoms with van der Waals surface area (Å²) in [5.41, 5.74) is 2.40. The second-order valence-corrected chi connectivity index (χ2v) is 9.12. The zero-order chi connectivity index (χ0) is 21.4. The molecule has 31 heavy (non-hydrogen) atoms. The Morgan fingerprint density at radius 3 is 2.55 bits per heavy atom. The van der Waals surface area contributed by atoms with Gasteiger partial charge in [0, 0.05) is 76.0 Å². The van der Waals surface area contributed by atoms with E-state index in [1.165, 1.54) is 11.1 Å². The molecule has 2 amide bonds. The Labute approximate surface area is 188 Å². The van der Waals surface area contributed by atoms with Crippen molar-refractivity contribution in [2.75, 3.05) is 59.4 Å². The molecule has 0 bridgehead atoms. The van der Waals surface area contributed by atoms with Crippen LogP contribution in [-0.2, 0) is 6.42 Å². The van der Waals surface area contributed by atoms with Gasteiger partial charge in [-0.25, -0.2) is 4.79 Å². The summed E-state index contributed by atoms with van der Waals surface area (Å²) in [7, 11) is 1.87. The van der Waals surface area contributed by atoms with Gasteiger partial charge in [-0.15, -0.1) is 0 Å². The summed E-state index contributed by atoms with van der Waals surface area (Å²) in [5, 5.41) is 0.747. The number of hydrogen-bond donors (Lipinski definition) is 0. The third-order valence-corrected chi connectivity index (χ3v) is 7.01. The summed E-state index contributed by atoms with van der Waals surface area (Å²) in [6.45, 7) is 7.42. The highest BCUT2D eigenvalue weighted by atomic mass is 35.5. The van der Waals surface area contributed by atoms with Gasteiger partial charge < -0.3 is 14.5 Å². The fourth-order valence-corrected chi connectivity index (χ4v) is 5.06. The monoisotopic (exact) mass is 440 g/mol. The lowest BCUT2D eigenvalue weighted by molar-refractivity contribution is 0.0908. The highest BCUT2D eigenvalue weighted by Gasteiger charge is 2.31. The number of hydrogen-bond acceptors (Lipinski definition) is 4. The number of amides is 2. The van der Waals surface area contributed by atoms with E-state index in [2.05, 4.69) is 28.0 Å². The zero-order valence-corrected chi connectivity index (χ0v) is 18.7. The van der Waals surface area contributed by atoms with Gasteiger partial charge >= 0.3 is 6.03 Å². The fraction of sp³-hybridized carbons (Fsp3) is 0.458. The fourth-order valence-electron chi connectivity index (χ4n) is 4.88. The first-order valence-electron chi connectivity index (χ1n) is 11.1. The summed E-state index contributed by atoms with van der Waals surface area (Å²) in [4.78, 5) is 20.9. The first-order valence-corrected chi connectivity index (χ1v) is 11.5. The number of piperazine rings is 1. The van der Waals surface area contributed by atoms with Crippen LogP contribution in [0.25, 0.3) is 0 Å². The molecule has 0 radical (unpaired) electrons. The summed E-state index contributed by atoms with van der Waals surface area (Å²) in [6.07, 6.45) is 0.915. The van der Waals surface area contributed by atoms with E-state index < -0.39 is 0 Å². The van der Waals surface area contributed by atoms with E-state index in [1.54, 1.807) is 4.90 Å². The first kappa shape index (κ1) is 20.6. The largest absolute Gasteiger partial charge is 0.457 e. The molecule has 2 aromatic rings. The lowest BCUT2D eigenvalue weighted by atomic mass is 9.96. The number of benzene rings is 2. The molecule has 0 saturated carbocycles. The Kier molecular flexibility index (Phi) is 5.78. The molecule has 2 fully saturated rings. The van der Waals surface area contributed by atoms with Crippen LogP contribution >= 0.6 is 11.6 Å². The van der Waals surface area contributed by atoms with E-state index >= 15 is 0 Å². The maximum atomic E-state index is 12.1. The molecular weight excluding hydrogens is 412 g/mol. The molecule has 3 aliphatic rings. The van der Waals surface area contributed by atoms with E-state index in [1.807, 2.05) is 36.2 Å². The van der Waals surface area contributed by atoms with Crippen molar-refractivity contribution in [3.8, 4) is 11.5 Å². The van der Waals surface area contributed by atoms with E-state index in [-0.39, 0.29) is 12.1 Å². The number of carbonyl (C=O) groups is 1. The normalized spacial score (nSPS) is 22.1. The predicted octanol–water partition coefficient (Wildman–Crippen LogP) is 3.71. The van der Waals surface area contributed by atoms with Gasteiger partial charge in [-0.1, -0.05) is 29.8 Å². The number of carbonyl (C=O) groups excluding carboxylic acids is 1. The molecule has 0 aliphatic carbocycles. The summed E-state index contributed by atoms with van der Waals surface area (Å²) in [5.74, 6) is 1.84. The number of fused-ring (bicyclic) bond motifs is 2. The van der Waals surface area contributed by atoms with Gasteiger partial charge in [-0.3, -0.25) is 9.80 Å². The van der Waals surface area contributed by atoms with Gasteiger partial charge in [-0.2, -0.15) is 0 Å². The number of ether oxygens (including phenoxy) is 1. The van der Waals surface area contributed by atoms with Crippen LogP contribution in [-0.4, -0.2) is 85.0 Å². The highest BCUT2D eigenvalue weighted by molar-refractivity contribution is 6.30. The van der Waals surface area contributed by atoms with Crippen LogP contribution in [0.2, 0.25) is 5.02 Å². The SMILES string of the molecule is CN1CCN(CCN2CCN(C3Cc4ccccc4Oc4ccc(Cl)cc43)CC2)C1=O. The van der Waals surface area contributed by atoms with E-state index in [0.717, 1.165) is 75.3 Å². The maximum Gasteiger partial charge on any atom is 0.319 e. The van der Waals surface area contributed by atoms with E-state index in [9.17, 15) is 4.79 Å². The first-order chi connectivity index (χ1) is 15.1. The molecule has 5 rings (SSSR count). The summed E-state index contributed by atoms with van der Waals surface area (Å²) >= 11 is 6.38. The zero-order valence-electron chi connectivity index (χ0n) is 18.0. The van der Waals surface area contributed by atoms with Crippen molar-refractivity contribution >= 4 is 17.6 Å². The number of nitrogens with zero attached hydrogens (tertiary/aromatic N) is 4. The summed E-state index contributed by atoms with van der Waals surface area (Å²) < 4.78 is 6.28. The molecule has 164 valence electrons. The Balaban J connectivity index is 1.27. The van der Waals surface area contributed by atoms with Crippen molar-refractivity contribution in [3.05, 3.63) is 58.6 Å². The van der Waals surface area contributed by atoms with Crippen LogP contribution in [0.4, 0.5) is 4.79 Å². The lowest BCUT2D eigenvalue weighted by Gasteiger charge is -2.39. The Hall–Kier alpha value is -2.28. The second kappa shape index (κ2) is 8.69. The van der Waals surface area contributed by atoms with Crippen LogP contribution < -0.4 is 4.74 Å². The van der Waals surface area contributed by atoms with Crippen LogP contribution in [0.1, 0.15) is 17.2 Å². The average molecular weight is 441 g/mol. The molecule has 0 aromatic heterocycles. The van der Waals surface area contributed by atoms with Gasteiger partial charge in [0.2, 0.25) is 0 Å². The molecule has 3 aliphatic heterocycles. The maximum absolute atomic E-state index is 12.1. The van der Waals surface area contributed by atoms with Crippen molar-refractivity contribution in [1.29, 1.82) is 0 Å². The standard InChI is InChI=1S/C24H29ClN4O2/c1-26-8-12-29(24(26)30)15-11-27-9-13-28(14-10-27)21-16-18-4-2-3-5-22(18)31-23-7-6-19(25)17-20(21)23/h2-7,17,21H,8-16H2,1H3. The molecule has 1 atom stereocenters. The molecular formula is C24H29ClN4O2. The third-order valence-electron chi connectivity index (χ3n) is 6.77. The summed E-state index contributed by atoms with van der Waals surface area (Å²) in [6, 6.07) is 14.7. The molecule has 3 heterocycles. The van der Waals surface area contributed by atoms with Crippen LogP contribution in [0.15, 0.2) is 42.5 Å². The molecule has 2 saturated heterocycles. The minimum Gasteiger partial charge on any atom is -0.457 e. The molecule has 0 spiro atoms. The lowest BCUT2D eigenvalue weighted by Crippen LogP contribution is -2.49. The Bertz CT molecular complexity index is 960. The molecule has 6 nitrogen and oxygen atoms in total. The van der Waals surface area contributed by atoms with Gasteiger partial charge in [0.05, 0.1) is 0 Å². The van der Waals surface area contributed by atoms with Gasteiger partial charge in [0.15, 0.2) is 0 Å². The van der Waals surface area contributed by atoms with Gasteiger partial charge in [0.25, 0.3) is 0 Å². The van der Waals surface area contributed by atoms with Crippen LogP contribution in [0.3, 0.4) is 0 Å². The Morgan fingerprint density at radius 2 is 1.77 bits per heavy atom. The van der Waals surface area contributed by atoms with Gasteiger partial charge in [-0.05, 0) is 36.2 Å². The smallest absolute Gasteiger partial charge is 0.319 e. The van der Waals surface area contributed by atoms with Crippen LogP contribution in [0, 0.1) is 0 Å². The molecule has 2 aromatic carbocycles. The molecule has 1 unspecified atom stereocenters. The quantitative estimate of drug-likeness (QED) is 0.726. The number of rotatable bonds is 4. The van der Waals surface area contributed by atoms with E-state index in [0.29, 0.717) is 0 Å². The minimum atomic E-state index is 0.157. The third kappa shape index (κ3) is 4.25. The minimum absolute atomic E-state index is 0.157.